The van der Waals surface area contributed by atoms with Crippen molar-refractivity contribution in [2.75, 3.05) is 83.5 Å². The lowest BCUT2D eigenvalue weighted by Crippen LogP contribution is -2.48. The summed E-state index contributed by atoms with van der Waals surface area (Å²) in [6, 6.07) is 26.5. The molecule has 0 saturated carbocycles. The van der Waals surface area contributed by atoms with Gasteiger partial charge in [0.2, 0.25) is 20.0 Å². The van der Waals surface area contributed by atoms with Gasteiger partial charge in [-0.15, -0.1) is 22.7 Å². The molecule has 6 aromatic rings. The normalized spacial score (nSPS) is 15.1. The van der Waals surface area contributed by atoms with E-state index in [9.17, 15) is 16.8 Å². The van der Waals surface area contributed by atoms with Gasteiger partial charge in [0, 0.05) is 84.9 Å². The maximum absolute atomic E-state index is 13.2. The van der Waals surface area contributed by atoms with E-state index >= 15 is 0 Å². The number of halogens is 2. The molecule has 0 N–H and O–H groups in total. The summed E-state index contributed by atoms with van der Waals surface area (Å²) in [7, 11) is -2.67. The molecule has 334 valence electrons. The zero-order valence-corrected chi connectivity index (χ0v) is 41.7. The molecule has 0 radical (unpaired) electrons. The van der Waals surface area contributed by atoms with Crippen LogP contribution in [-0.4, -0.2) is 109 Å². The Balaban J connectivity index is 0.000000189. The molecule has 2 aliphatic rings. The van der Waals surface area contributed by atoms with Gasteiger partial charge in [0.1, 0.15) is 27.0 Å². The first-order valence-electron chi connectivity index (χ1n) is 20.0. The number of thiazole rings is 2. The predicted octanol–water partition coefficient (Wildman–Crippen LogP) is 8.35. The lowest BCUT2D eigenvalue weighted by Gasteiger charge is -2.34. The minimum Gasteiger partial charge on any atom is -0.497 e. The Morgan fingerprint density at radius 1 is 0.556 bits per heavy atom. The number of benzene rings is 4. The Morgan fingerprint density at radius 3 is 1.33 bits per heavy atom. The molecule has 2 saturated heterocycles. The number of rotatable bonds is 13. The first kappa shape index (κ1) is 46.9. The highest BCUT2D eigenvalue weighted by Gasteiger charge is 2.33. The van der Waals surface area contributed by atoms with Crippen LogP contribution in [0.25, 0.3) is 0 Å². The second-order valence-corrected chi connectivity index (χ2v) is 22.1. The van der Waals surface area contributed by atoms with E-state index in [1.165, 1.54) is 39.5 Å². The summed E-state index contributed by atoms with van der Waals surface area (Å²) in [5, 5.41) is 6.02. The quantitative estimate of drug-likeness (QED) is 0.111. The fourth-order valence-electron chi connectivity index (χ4n) is 7.13. The van der Waals surface area contributed by atoms with Crippen LogP contribution in [0.4, 0.5) is 10.3 Å². The maximum Gasteiger partial charge on any atom is 0.246 e. The van der Waals surface area contributed by atoms with Crippen LogP contribution >= 0.6 is 54.5 Å². The van der Waals surface area contributed by atoms with E-state index in [0.29, 0.717) is 72.8 Å². The molecule has 8 rings (SSSR count). The van der Waals surface area contributed by atoms with E-state index in [4.69, 9.17) is 24.2 Å². The van der Waals surface area contributed by atoms with Crippen molar-refractivity contribution >= 4 is 84.8 Å². The third-order valence-corrected chi connectivity index (χ3v) is 17.4. The Morgan fingerprint density at radius 2 is 0.952 bits per heavy atom. The molecule has 0 aliphatic carbocycles. The second kappa shape index (κ2) is 20.8. The molecule has 0 bridgehead atoms. The largest absolute Gasteiger partial charge is 0.497 e. The summed E-state index contributed by atoms with van der Waals surface area (Å²) in [6.45, 7) is 6.07. The van der Waals surface area contributed by atoms with Gasteiger partial charge in [0.05, 0.1) is 32.7 Å². The summed E-state index contributed by atoms with van der Waals surface area (Å²) < 4.78 is 73.0. The number of hydrogen-bond acceptors (Lipinski definition) is 13. The fourth-order valence-corrected chi connectivity index (χ4v) is 13.1. The number of aromatic nitrogens is 2. The topological polar surface area (TPSA) is 135 Å². The molecule has 0 amide bonds. The van der Waals surface area contributed by atoms with Gasteiger partial charge in [-0.1, -0.05) is 73.8 Å². The fraction of sp³-hybridized carbons (Fsp3) is 0.318. The number of nitrogens with zero attached hydrogens (tertiary/aromatic N) is 6. The highest BCUT2D eigenvalue weighted by atomic mass is 79.9. The van der Waals surface area contributed by atoms with E-state index < -0.39 is 20.0 Å². The Hall–Kier alpha value is -4.08. The number of ether oxygens (including phenoxy) is 3. The number of hydrogen-bond donors (Lipinski definition) is 0. The van der Waals surface area contributed by atoms with Crippen LogP contribution < -0.4 is 24.0 Å². The minimum atomic E-state index is -3.65. The van der Waals surface area contributed by atoms with Crippen molar-refractivity contribution < 1.29 is 31.0 Å². The number of methoxy groups -OCH3 is 3. The second-order valence-electron chi connectivity index (χ2n) is 14.8. The van der Waals surface area contributed by atoms with Crippen LogP contribution in [0.2, 0.25) is 0 Å². The van der Waals surface area contributed by atoms with Gasteiger partial charge in [-0.05, 0) is 66.6 Å². The predicted molar refractivity (Wildman–Crippen MR) is 257 cm³/mol. The summed E-state index contributed by atoms with van der Waals surface area (Å²) in [5.41, 5.74) is 5.70. The molecule has 2 fully saturated rings. The molecule has 63 heavy (non-hydrogen) atoms. The third kappa shape index (κ3) is 11.4. The smallest absolute Gasteiger partial charge is 0.246 e. The number of aryl methyl sites for hydroxylation is 1. The van der Waals surface area contributed by atoms with Crippen molar-refractivity contribution in [3.63, 3.8) is 0 Å². The first-order valence-corrected chi connectivity index (χ1v) is 26.2. The number of anilines is 2. The summed E-state index contributed by atoms with van der Waals surface area (Å²) in [5.74, 6) is 1.53. The third-order valence-electron chi connectivity index (χ3n) is 10.6. The molecular weight excluding hydrogens is 1010 g/mol. The van der Waals surface area contributed by atoms with Crippen molar-refractivity contribution in [2.45, 2.75) is 29.6 Å². The first-order chi connectivity index (χ1) is 30.3. The average Bonchev–Trinajstić information content (AvgIpc) is 3.98. The van der Waals surface area contributed by atoms with E-state index in [0.717, 1.165) is 40.2 Å². The lowest BCUT2D eigenvalue weighted by atomic mass is 10.1. The molecule has 2 aromatic heterocycles. The van der Waals surface area contributed by atoms with Crippen LogP contribution in [0.1, 0.15) is 28.1 Å². The van der Waals surface area contributed by atoms with Crippen molar-refractivity contribution in [3.8, 4) is 17.2 Å². The molecule has 13 nitrogen and oxygen atoms in total. The molecular formula is C44H48Br2N6O7S4. The van der Waals surface area contributed by atoms with Crippen molar-refractivity contribution in [1.82, 2.24) is 18.6 Å². The summed E-state index contributed by atoms with van der Waals surface area (Å²) >= 11 is 9.92. The standard InChI is InChI=1S/C22H24BrN3O4S2.C22H24BrN3O3S2/c1-29-19-6-3-16(4-7-19)13-18-15-31-22(24-18)25-9-11-26(12-10-25)32(27,28)21-14-17(23)5-8-20(21)30-2;1-16-3-5-17(6-4-16)13-19-15-30-22(24-19)25-9-11-26(12-10-25)31(27,28)21-14-18(23)7-8-20(21)29-2/h3-8,14-15H,9-13H2,1-2H3;3-8,14-15H,9-13H2,1-2H3. The lowest BCUT2D eigenvalue weighted by molar-refractivity contribution is 0.373. The molecule has 0 unspecified atom stereocenters. The van der Waals surface area contributed by atoms with Gasteiger partial charge in [0.15, 0.2) is 10.3 Å². The van der Waals surface area contributed by atoms with Gasteiger partial charge in [-0.2, -0.15) is 8.61 Å². The van der Waals surface area contributed by atoms with Gasteiger partial charge in [-0.3, -0.25) is 0 Å². The molecule has 4 heterocycles. The van der Waals surface area contributed by atoms with Crippen molar-refractivity contribution in [1.29, 1.82) is 0 Å². The monoisotopic (exact) mass is 1060 g/mol. The molecule has 0 atom stereocenters. The van der Waals surface area contributed by atoms with Crippen LogP contribution in [0, 0.1) is 6.92 Å². The Labute approximate surface area is 394 Å². The van der Waals surface area contributed by atoms with E-state index in [2.05, 4.69) is 83.6 Å². The highest BCUT2D eigenvalue weighted by molar-refractivity contribution is 9.10. The van der Waals surface area contributed by atoms with Gasteiger partial charge in [-0.25, -0.2) is 26.8 Å². The number of sulfonamides is 2. The molecule has 19 heteroatoms. The zero-order valence-electron chi connectivity index (χ0n) is 35.2. The SMILES string of the molecule is COc1ccc(Br)cc1S(=O)(=O)N1CCN(c2nc(Cc3ccc(C)cc3)cs2)CC1.COc1ccc(Cc2csc(N3CCN(S(=O)(=O)c4cc(Br)ccc4OC)CC3)n2)cc1. The molecule has 4 aromatic carbocycles. The number of piperazine rings is 2. The van der Waals surface area contributed by atoms with Crippen molar-refractivity contribution in [3.05, 3.63) is 133 Å². The van der Waals surface area contributed by atoms with E-state index in [1.807, 2.05) is 24.3 Å². The summed E-state index contributed by atoms with van der Waals surface area (Å²) in [6.07, 6.45) is 1.55. The molecule has 2 aliphatic heterocycles. The van der Waals surface area contributed by atoms with Gasteiger partial charge in [0.25, 0.3) is 0 Å². The minimum absolute atomic E-state index is 0.179. The van der Waals surface area contributed by atoms with Gasteiger partial charge >= 0.3 is 0 Å². The Bertz CT molecular complexity index is 2700. The van der Waals surface area contributed by atoms with E-state index in [1.54, 1.807) is 66.2 Å². The van der Waals surface area contributed by atoms with Crippen LogP contribution in [0.5, 0.6) is 17.2 Å². The van der Waals surface area contributed by atoms with Crippen LogP contribution in [0.3, 0.4) is 0 Å². The van der Waals surface area contributed by atoms with E-state index in [-0.39, 0.29) is 9.79 Å². The van der Waals surface area contributed by atoms with Crippen LogP contribution in [0.15, 0.2) is 114 Å². The maximum atomic E-state index is 13.2. The molecule has 0 spiro atoms. The van der Waals surface area contributed by atoms with Crippen molar-refractivity contribution in [2.24, 2.45) is 0 Å². The average molecular weight is 1060 g/mol. The van der Waals surface area contributed by atoms with Gasteiger partial charge < -0.3 is 24.0 Å². The van der Waals surface area contributed by atoms with Crippen LogP contribution in [-0.2, 0) is 32.9 Å². The Kier molecular flexibility index (Phi) is 15.5. The highest BCUT2D eigenvalue weighted by Crippen LogP contribution is 2.33. The zero-order chi connectivity index (χ0) is 44.7. The summed E-state index contributed by atoms with van der Waals surface area (Å²) in [4.78, 5) is 14.2.